The van der Waals surface area contributed by atoms with E-state index in [1.165, 1.54) is 0 Å². The van der Waals surface area contributed by atoms with Gasteiger partial charge in [0.25, 0.3) is 0 Å². The number of nitriles is 1. The first kappa shape index (κ1) is 18.1. The molecule has 25 heavy (non-hydrogen) atoms. The lowest BCUT2D eigenvalue weighted by Crippen LogP contribution is -2.24. The van der Waals surface area contributed by atoms with Gasteiger partial charge in [-0.25, -0.2) is 4.79 Å². The zero-order valence-corrected chi connectivity index (χ0v) is 14.1. The number of hydrogen-bond donors (Lipinski definition) is 1. The molecule has 0 fully saturated rings. The van der Waals surface area contributed by atoms with Crippen molar-refractivity contribution in [2.45, 2.75) is 13.0 Å². The molecule has 5 heteroatoms. The van der Waals surface area contributed by atoms with Gasteiger partial charge in [0.15, 0.2) is 0 Å². The minimum absolute atomic E-state index is 0.248. The Morgan fingerprint density at radius 1 is 1.24 bits per heavy atom. The number of carbonyl (C=O) groups excluding carboxylic acids is 1. The SMILES string of the molecule is COc1ccc(C#N)c(C=CCCNC(=O)OCc2ccccc2)c1. The highest BCUT2D eigenvalue weighted by Gasteiger charge is 2.02. The summed E-state index contributed by atoms with van der Waals surface area (Å²) in [6.45, 7) is 0.702. The molecule has 0 heterocycles. The van der Waals surface area contributed by atoms with E-state index >= 15 is 0 Å². The first-order valence-corrected chi connectivity index (χ1v) is 7.92. The molecule has 1 amide bonds. The number of nitrogens with one attached hydrogen (secondary N) is 1. The molecule has 2 aromatic carbocycles. The first-order chi connectivity index (χ1) is 12.2. The first-order valence-electron chi connectivity index (χ1n) is 7.92. The maximum absolute atomic E-state index is 11.6. The molecule has 0 bridgehead atoms. The lowest BCUT2D eigenvalue weighted by molar-refractivity contribution is 0.140. The second-order valence-corrected chi connectivity index (χ2v) is 5.24. The van der Waals surface area contributed by atoms with Gasteiger partial charge in [-0.2, -0.15) is 5.26 Å². The third-order valence-corrected chi connectivity index (χ3v) is 3.47. The fourth-order valence-corrected chi connectivity index (χ4v) is 2.15. The van der Waals surface area contributed by atoms with Gasteiger partial charge >= 0.3 is 6.09 Å². The van der Waals surface area contributed by atoms with Crippen molar-refractivity contribution in [1.29, 1.82) is 5.26 Å². The van der Waals surface area contributed by atoms with Gasteiger partial charge in [-0.3, -0.25) is 0 Å². The topological polar surface area (TPSA) is 71.3 Å². The van der Waals surface area contributed by atoms with E-state index in [9.17, 15) is 4.79 Å². The van der Waals surface area contributed by atoms with Crippen molar-refractivity contribution >= 4 is 12.2 Å². The average Bonchev–Trinajstić information content (AvgIpc) is 2.66. The van der Waals surface area contributed by atoms with Crippen LogP contribution >= 0.6 is 0 Å². The van der Waals surface area contributed by atoms with E-state index in [0.29, 0.717) is 24.3 Å². The fourth-order valence-electron chi connectivity index (χ4n) is 2.15. The summed E-state index contributed by atoms with van der Waals surface area (Å²) in [6, 6.07) is 16.9. The van der Waals surface area contributed by atoms with Gasteiger partial charge in [0, 0.05) is 6.54 Å². The maximum Gasteiger partial charge on any atom is 0.407 e. The highest BCUT2D eigenvalue weighted by molar-refractivity contribution is 5.67. The molecule has 2 aromatic rings. The number of alkyl carbamates (subject to hydrolysis) is 1. The van der Waals surface area contributed by atoms with Crippen molar-refractivity contribution in [3.05, 3.63) is 71.3 Å². The van der Waals surface area contributed by atoms with Gasteiger partial charge in [0.05, 0.1) is 18.7 Å². The van der Waals surface area contributed by atoms with Crippen molar-refractivity contribution in [3.63, 3.8) is 0 Å². The number of nitrogens with zero attached hydrogens (tertiary/aromatic N) is 1. The van der Waals surface area contributed by atoms with E-state index < -0.39 is 6.09 Å². The highest BCUT2D eigenvalue weighted by Crippen LogP contribution is 2.18. The van der Waals surface area contributed by atoms with Gasteiger partial charge in [-0.1, -0.05) is 42.5 Å². The zero-order chi connectivity index (χ0) is 17.9. The smallest absolute Gasteiger partial charge is 0.407 e. The van der Waals surface area contributed by atoms with Gasteiger partial charge in [0.2, 0.25) is 0 Å². The van der Waals surface area contributed by atoms with Gasteiger partial charge in [0.1, 0.15) is 12.4 Å². The van der Waals surface area contributed by atoms with Crippen LogP contribution in [0, 0.1) is 11.3 Å². The third-order valence-electron chi connectivity index (χ3n) is 3.47. The van der Waals surface area contributed by atoms with Crippen molar-refractivity contribution in [3.8, 4) is 11.8 Å². The Kier molecular flexibility index (Phi) is 7.08. The van der Waals surface area contributed by atoms with Crippen LogP contribution in [0.25, 0.3) is 6.08 Å². The van der Waals surface area contributed by atoms with Crippen molar-refractivity contribution in [2.24, 2.45) is 0 Å². The van der Waals surface area contributed by atoms with Crippen LogP contribution in [-0.4, -0.2) is 19.7 Å². The minimum Gasteiger partial charge on any atom is -0.497 e. The van der Waals surface area contributed by atoms with E-state index in [2.05, 4.69) is 11.4 Å². The Hall–Kier alpha value is -3.26. The highest BCUT2D eigenvalue weighted by atomic mass is 16.5. The van der Waals surface area contributed by atoms with Gasteiger partial charge in [-0.05, 0) is 35.7 Å². The van der Waals surface area contributed by atoms with Crippen LogP contribution in [0.4, 0.5) is 4.79 Å². The molecule has 0 radical (unpaired) electrons. The van der Waals surface area contributed by atoms with Crippen molar-refractivity contribution in [1.82, 2.24) is 5.32 Å². The number of carbonyl (C=O) groups is 1. The van der Waals surface area contributed by atoms with Crippen LogP contribution in [0.3, 0.4) is 0 Å². The quantitative estimate of drug-likeness (QED) is 0.779. The number of hydrogen-bond acceptors (Lipinski definition) is 4. The van der Waals surface area contributed by atoms with Crippen LogP contribution in [-0.2, 0) is 11.3 Å². The summed E-state index contributed by atoms with van der Waals surface area (Å²) in [4.78, 5) is 11.6. The molecule has 1 N–H and O–H groups in total. The minimum atomic E-state index is -0.448. The van der Waals surface area contributed by atoms with Gasteiger partial charge in [-0.15, -0.1) is 0 Å². The van der Waals surface area contributed by atoms with E-state index in [-0.39, 0.29) is 6.61 Å². The molecule has 0 aliphatic rings. The molecule has 0 spiro atoms. The summed E-state index contributed by atoms with van der Waals surface area (Å²) >= 11 is 0. The molecule has 128 valence electrons. The van der Waals surface area contributed by atoms with Crippen LogP contribution in [0.1, 0.15) is 23.1 Å². The Balaban J connectivity index is 1.74. The zero-order valence-electron chi connectivity index (χ0n) is 14.1. The Morgan fingerprint density at radius 3 is 2.76 bits per heavy atom. The van der Waals surface area contributed by atoms with Crippen molar-refractivity contribution < 1.29 is 14.3 Å². The van der Waals surface area contributed by atoms with Crippen LogP contribution in [0.15, 0.2) is 54.6 Å². The Labute approximate surface area is 147 Å². The molecule has 0 aromatic heterocycles. The molecule has 2 rings (SSSR count). The van der Waals surface area contributed by atoms with E-state index in [0.717, 1.165) is 11.1 Å². The summed E-state index contributed by atoms with van der Waals surface area (Å²) in [5.74, 6) is 0.696. The number of benzene rings is 2. The second kappa shape index (κ2) is 9.78. The lowest BCUT2D eigenvalue weighted by atomic mass is 10.1. The van der Waals surface area contributed by atoms with Gasteiger partial charge < -0.3 is 14.8 Å². The van der Waals surface area contributed by atoms with Crippen LogP contribution in [0.5, 0.6) is 5.75 Å². The molecular formula is C20H20N2O3. The molecule has 0 aliphatic carbocycles. The number of methoxy groups -OCH3 is 1. The summed E-state index contributed by atoms with van der Waals surface area (Å²) in [7, 11) is 1.58. The Bertz CT molecular complexity index is 764. The fraction of sp³-hybridized carbons (Fsp3) is 0.200. The normalized spacial score (nSPS) is 10.2. The molecule has 5 nitrogen and oxygen atoms in total. The van der Waals surface area contributed by atoms with Crippen LogP contribution < -0.4 is 10.1 Å². The predicted molar refractivity (Wildman–Crippen MR) is 96.0 cm³/mol. The predicted octanol–water partition coefficient (Wildman–Crippen LogP) is 3.90. The second-order valence-electron chi connectivity index (χ2n) is 5.24. The number of ether oxygens (including phenoxy) is 2. The molecule has 0 aliphatic heterocycles. The number of amides is 1. The summed E-state index contributed by atoms with van der Waals surface area (Å²) in [5, 5.41) is 11.8. The van der Waals surface area contributed by atoms with E-state index in [4.69, 9.17) is 14.7 Å². The summed E-state index contributed by atoms with van der Waals surface area (Å²) < 4.78 is 10.3. The molecule has 0 unspecified atom stereocenters. The van der Waals surface area contributed by atoms with E-state index in [1.54, 1.807) is 25.3 Å². The maximum atomic E-state index is 11.6. The van der Waals surface area contributed by atoms with E-state index in [1.807, 2.05) is 42.5 Å². The molecule has 0 saturated heterocycles. The molecule has 0 atom stereocenters. The average molecular weight is 336 g/mol. The van der Waals surface area contributed by atoms with Crippen LogP contribution in [0.2, 0.25) is 0 Å². The molecule has 0 saturated carbocycles. The Morgan fingerprint density at radius 2 is 2.04 bits per heavy atom. The largest absolute Gasteiger partial charge is 0.497 e. The van der Waals surface area contributed by atoms with Crippen molar-refractivity contribution in [2.75, 3.05) is 13.7 Å². The summed E-state index contributed by atoms with van der Waals surface area (Å²) in [6.07, 6.45) is 3.92. The summed E-state index contributed by atoms with van der Waals surface area (Å²) in [5.41, 5.74) is 2.31. The third kappa shape index (κ3) is 6.04. The number of rotatable bonds is 7. The standard InChI is InChI=1S/C20H20N2O3/c1-24-19-11-10-18(14-21)17(13-19)9-5-6-12-22-20(23)25-15-16-7-3-2-4-8-16/h2-5,7-11,13H,6,12,15H2,1H3,(H,22,23). The monoisotopic (exact) mass is 336 g/mol. The lowest BCUT2D eigenvalue weighted by Gasteiger charge is -2.06. The molecular weight excluding hydrogens is 316 g/mol.